The number of hydrogen-bond donors (Lipinski definition) is 2. The van der Waals surface area contributed by atoms with Gasteiger partial charge < -0.3 is 15.4 Å². The van der Waals surface area contributed by atoms with Crippen LogP contribution < -0.4 is 10.6 Å². The van der Waals surface area contributed by atoms with Gasteiger partial charge in [0.2, 0.25) is 0 Å². The Morgan fingerprint density at radius 3 is 2.72 bits per heavy atom. The maximum Gasteiger partial charge on any atom is 0.339 e. The number of ether oxygens (including phenoxy) is 1. The first-order valence-electron chi connectivity index (χ1n) is 6.24. The molecule has 0 spiro atoms. The molecule has 0 aromatic carbocycles. The van der Waals surface area contributed by atoms with Crippen LogP contribution in [0, 0.1) is 0 Å². The molecule has 1 rings (SSSR count). The summed E-state index contributed by atoms with van der Waals surface area (Å²) in [5.74, 6) is 0.423. The topological polar surface area (TPSA) is 63.2 Å². The second kappa shape index (κ2) is 7.66. The highest BCUT2D eigenvalue weighted by atomic mass is 16.5. The fourth-order valence-electron chi connectivity index (χ4n) is 1.39. The Morgan fingerprint density at radius 2 is 2.17 bits per heavy atom. The predicted octanol–water partition coefficient (Wildman–Crippen LogP) is 1.67. The number of hydrogen-bond acceptors (Lipinski definition) is 5. The summed E-state index contributed by atoms with van der Waals surface area (Å²) in [7, 11) is 0. The number of carbonyl (C=O) groups is 1. The van der Waals surface area contributed by atoms with Gasteiger partial charge >= 0.3 is 5.97 Å². The monoisotopic (exact) mass is 251 g/mol. The molecule has 1 aromatic heterocycles. The van der Waals surface area contributed by atoms with Gasteiger partial charge in [0.05, 0.1) is 12.2 Å². The summed E-state index contributed by atoms with van der Waals surface area (Å²) in [6.07, 6.45) is 1.52. The summed E-state index contributed by atoms with van der Waals surface area (Å²) in [5, 5.41) is 6.47. The molecule has 100 valence electrons. The van der Waals surface area contributed by atoms with Crippen molar-refractivity contribution in [2.24, 2.45) is 0 Å². The van der Waals surface area contributed by atoms with Crippen LogP contribution in [0.25, 0.3) is 0 Å². The number of carbonyl (C=O) groups excluding carboxylic acids is 1. The Kier molecular flexibility index (Phi) is 6.14. The summed E-state index contributed by atoms with van der Waals surface area (Å²) in [6.45, 7) is 8.03. The fourth-order valence-corrected chi connectivity index (χ4v) is 1.39. The third-order valence-electron chi connectivity index (χ3n) is 2.26. The van der Waals surface area contributed by atoms with E-state index >= 15 is 0 Å². The van der Waals surface area contributed by atoms with Gasteiger partial charge in [-0.2, -0.15) is 0 Å². The highest BCUT2D eigenvalue weighted by Crippen LogP contribution is 2.05. The molecule has 0 aliphatic rings. The maximum absolute atomic E-state index is 11.4. The Balaban J connectivity index is 2.38. The molecule has 0 saturated heterocycles. The van der Waals surface area contributed by atoms with Crippen LogP contribution in [-0.2, 0) is 4.74 Å². The van der Waals surface area contributed by atoms with E-state index in [2.05, 4.69) is 29.5 Å². The Morgan fingerprint density at radius 1 is 1.39 bits per heavy atom. The van der Waals surface area contributed by atoms with E-state index in [9.17, 15) is 4.79 Å². The second-order valence-electron chi connectivity index (χ2n) is 4.19. The van der Waals surface area contributed by atoms with Crippen molar-refractivity contribution in [2.45, 2.75) is 26.8 Å². The van der Waals surface area contributed by atoms with E-state index in [4.69, 9.17) is 4.74 Å². The first kappa shape index (κ1) is 14.4. The van der Waals surface area contributed by atoms with Crippen LogP contribution >= 0.6 is 0 Å². The van der Waals surface area contributed by atoms with Gasteiger partial charge in [0.1, 0.15) is 5.82 Å². The van der Waals surface area contributed by atoms with Crippen molar-refractivity contribution in [1.29, 1.82) is 0 Å². The fraction of sp³-hybridized carbons (Fsp3) is 0.538. The van der Waals surface area contributed by atoms with Gasteiger partial charge in [-0.05, 0) is 19.1 Å². The quantitative estimate of drug-likeness (QED) is 0.570. The van der Waals surface area contributed by atoms with E-state index in [1.54, 1.807) is 19.1 Å². The van der Waals surface area contributed by atoms with Gasteiger partial charge in [-0.25, -0.2) is 9.78 Å². The molecule has 0 amide bonds. The average molecular weight is 251 g/mol. The van der Waals surface area contributed by atoms with Crippen molar-refractivity contribution < 1.29 is 9.53 Å². The normalized spacial score (nSPS) is 10.4. The molecule has 18 heavy (non-hydrogen) atoms. The van der Waals surface area contributed by atoms with Crippen LogP contribution in [-0.4, -0.2) is 36.7 Å². The van der Waals surface area contributed by atoms with Crippen LogP contribution in [0.4, 0.5) is 5.82 Å². The molecule has 0 unspecified atom stereocenters. The van der Waals surface area contributed by atoms with Gasteiger partial charge in [-0.3, -0.25) is 0 Å². The first-order valence-corrected chi connectivity index (χ1v) is 6.24. The molecular formula is C13H21N3O2. The van der Waals surface area contributed by atoms with E-state index in [1.165, 1.54) is 6.20 Å². The number of pyridine rings is 1. The summed E-state index contributed by atoms with van der Waals surface area (Å²) >= 11 is 0. The molecular weight excluding hydrogens is 230 g/mol. The zero-order chi connectivity index (χ0) is 13.4. The number of anilines is 1. The Labute approximate surface area is 108 Å². The van der Waals surface area contributed by atoms with Gasteiger partial charge in [0.15, 0.2) is 0 Å². The number of esters is 1. The molecule has 1 heterocycles. The van der Waals surface area contributed by atoms with Gasteiger partial charge in [-0.1, -0.05) is 13.8 Å². The van der Waals surface area contributed by atoms with Crippen LogP contribution in [0.2, 0.25) is 0 Å². The zero-order valence-electron chi connectivity index (χ0n) is 11.2. The second-order valence-corrected chi connectivity index (χ2v) is 4.19. The third kappa shape index (κ3) is 5.14. The average Bonchev–Trinajstić information content (AvgIpc) is 2.35. The minimum absolute atomic E-state index is 0.335. The Bertz CT molecular complexity index is 363. The largest absolute Gasteiger partial charge is 0.462 e. The number of nitrogens with zero attached hydrogens (tertiary/aromatic N) is 1. The summed E-state index contributed by atoms with van der Waals surface area (Å²) in [6, 6.07) is 3.97. The van der Waals surface area contributed by atoms with Crippen molar-refractivity contribution in [1.82, 2.24) is 10.3 Å². The van der Waals surface area contributed by atoms with Crippen LogP contribution in [0.5, 0.6) is 0 Å². The predicted molar refractivity (Wildman–Crippen MR) is 71.8 cm³/mol. The molecule has 5 heteroatoms. The highest BCUT2D eigenvalue weighted by Gasteiger charge is 2.06. The minimum atomic E-state index is -0.335. The highest BCUT2D eigenvalue weighted by molar-refractivity contribution is 5.89. The third-order valence-corrected chi connectivity index (χ3v) is 2.26. The Hall–Kier alpha value is -1.62. The lowest BCUT2D eigenvalue weighted by Crippen LogP contribution is -2.28. The van der Waals surface area contributed by atoms with Crippen LogP contribution in [0.1, 0.15) is 31.1 Å². The lowest BCUT2D eigenvalue weighted by molar-refractivity contribution is 0.0526. The number of rotatable bonds is 7. The van der Waals surface area contributed by atoms with E-state index in [0.717, 1.165) is 18.9 Å². The van der Waals surface area contributed by atoms with Crippen LogP contribution in [0.3, 0.4) is 0 Å². The molecule has 0 atom stereocenters. The summed E-state index contributed by atoms with van der Waals surface area (Å²) < 4.78 is 4.88. The van der Waals surface area contributed by atoms with Gasteiger partial charge in [-0.15, -0.1) is 0 Å². The van der Waals surface area contributed by atoms with E-state index in [1.807, 2.05) is 0 Å². The van der Waals surface area contributed by atoms with Crippen molar-refractivity contribution in [3.05, 3.63) is 23.9 Å². The molecule has 0 saturated carbocycles. The zero-order valence-corrected chi connectivity index (χ0v) is 11.2. The van der Waals surface area contributed by atoms with Crippen molar-refractivity contribution in [3.63, 3.8) is 0 Å². The molecule has 1 aromatic rings. The van der Waals surface area contributed by atoms with Crippen molar-refractivity contribution in [3.8, 4) is 0 Å². The minimum Gasteiger partial charge on any atom is -0.462 e. The first-order chi connectivity index (χ1) is 8.63. The van der Waals surface area contributed by atoms with Crippen molar-refractivity contribution >= 4 is 11.8 Å². The number of aromatic nitrogens is 1. The SMILES string of the molecule is CCOC(=O)c1ccc(NCCNC(C)C)nc1. The molecule has 0 aliphatic carbocycles. The van der Waals surface area contributed by atoms with E-state index in [0.29, 0.717) is 18.2 Å². The van der Waals surface area contributed by atoms with Gasteiger partial charge in [0, 0.05) is 25.3 Å². The molecule has 0 aliphatic heterocycles. The summed E-state index contributed by atoms with van der Waals surface area (Å²) in [5.41, 5.74) is 0.475. The molecule has 0 bridgehead atoms. The van der Waals surface area contributed by atoms with Crippen LogP contribution in [0.15, 0.2) is 18.3 Å². The summed E-state index contributed by atoms with van der Waals surface area (Å²) in [4.78, 5) is 15.6. The molecule has 5 nitrogen and oxygen atoms in total. The molecule has 0 fully saturated rings. The molecule has 2 N–H and O–H groups in total. The number of nitrogens with one attached hydrogen (secondary N) is 2. The lowest BCUT2D eigenvalue weighted by atomic mass is 10.3. The standard InChI is InChI=1S/C13H21N3O2/c1-4-18-13(17)11-5-6-12(16-9-11)15-8-7-14-10(2)3/h5-6,9-10,14H,4,7-8H2,1-3H3,(H,15,16). The van der Waals surface area contributed by atoms with E-state index in [-0.39, 0.29) is 5.97 Å². The van der Waals surface area contributed by atoms with Crippen molar-refractivity contribution in [2.75, 3.05) is 25.0 Å². The smallest absolute Gasteiger partial charge is 0.339 e. The van der Waals surface area contributed by atoms with Gasteiger partial charge in [0.25, 0.3) is 0 Å². The maximum atomic E-state index is 11.4. The molecule has 0 radical (unpaired) electrons. The van der Waals surface area contributed by atoms with E-state index < -0.39 is 0 Å². The lowest BCUT2D eigenvalue weighted by Gasteiger charge is -2.09.